The van der Waals surface area contributed by atoms with Crippen molar-refractivity contribution in [2.24, 2.45) is 7.05 Å². The summed E-state index contributed by atoms with van der Waals surface area (Å²) < 4.78 is 35.5. The van der Waals surface area contributed by atoms with E-state index in [9.17, 15) is 13.6 Å². The monoisotopic (exact) mass is 421 g/mol. The largest absolute Gasteiger partial charge is 0.488 e. The number of amides is 1. The van der Waals surface area contributed by atoms with Gasteiger partial charge in [0.25, 0.3) is 11.8 Å². The zero-order chi connectivity index (χ0) is 20.8. The normalized spacial score (nSPS) is 19.0. The summed E-state index contributed by atoms with van der Waals surface area (Å²) >= 11 is 1.51. The second-order valence-corrected chi connectivity index (χ2v) is 8.22. The van der Waals surface area contributed by atoms with Gasteiger partial charge in [-0.3, -0.25) is 14.4 Å². The summed E-state index contributed by atoms with van der Waals surface area (Å²) in [5.74, 6) is -2.98. The lowest BCUT2D eigenvalue weighted by atomic mass is 10.1. The molecule has 10 heteroatoms. The van der Waals surface area contributed by atoms with E-state index in [2.05, 4.69) is 15.4 Å². The molecule has 0 saturated carbocycles. The highest BCUT2D eigenvalue weighted by atomic mass is 32.1. The van der Waals surface area contributed by atoms with Crippen LogP contribution in [-0.4, -0.2) is 57.7 Å². The van der Waals surface area contributed by atoms with E-state index in [-0.39, 0.29) is 18.8 Å². The van der Waals surface area contributed by atoms with E-state index >= 15 is 0 Å². The number of fused-ring (bicyclic) bond motifs is 1. The minimum Gasteiger partial charge on any atom is -0.488 e. The molecule has 0 radical (unpaired) electrons. The summed E-state index contributed by atoms with van der Waals surface area (Å²) in [5, 5.41) is 7.35. The number of rotatable bonds is 5. The first-order chi connectivity index (χ1) is 13.7. The number of aromatic nitrogens is 3. The SMILES string of the molecule is Cc1ncsc1COc1ccc2nn(C)c(C(=O)NC3CN(C)CC3(F)F)c2c1. The number of likely N-dealkylation sites (tertiary alicyclic amines) is 1. The van der Waals surface area contributed by atoms with Crippen LogP contribution in [0.2, 0.25) is 0 Å². The molecule has 1 atom stereocenters. The molecule has 1 aliphatic heterocycles. The van der Waals surface area contributed by atoms with Crippen LogP contribution < -0.4 is 10.1 Å². The molecule has 7 nitrogen and oxygen atoms in total. The average Bonchev–Trinajstić information content (AvgIpc) is 3.27. The Morgan fingerprint density at radius 3 is 2.86 bits per heavy atom. The summed E-state index contributed by atoms with van der Waals surface area (Å²) in [6.45, 7) is 2.00. The molecule has 0 aliphatic carbocycles. The lowest BCUT2D eigenvalue weighted by Crippen LogP contribution is -2.47. The van der Waals surface area contributed by atoms with Gasteiger partial charge in [-0.05, 0) is 32.2 Å². The number of nitrogens with one attached hydrogen (secondary N) is 1. The first-order valence-corrected chi connectivity index (χ1v) is 9.98. The second kappa shape index (κ2) is 7.34. The fraction of sp³-hybridized carbons (Fsp3) is 0.421. The summed E-state index contributed by atoms with van der Waals surface area (Å²) in [5.41, 5.74) is 3.50. The number of hydrogen-bond donors (Lipinski definition) is 1. The molecular weight excluding hydrogens is 400 g/mol. The van der Waals surface area contributed by atoms with E-state index in [0.717, 1.165) is 10.6 Å². The molecule has 29 heavy (non-hydrogen) atoms. The van der Waals surface area contributed by atoms with Crippen LogP contribution in [0.1, 0.15) is 21.1 Å². The zero-order valence-corrected chi connectivity index (χ0v) is 17.1. The molecule has 1 amide bonds. The van der Waals surface area contributed by atoms with Crippen molar-refractivity contribution in [3.05, 3.63) is 40.0 Å². The Balaban J connectivity index is 1.58. The third kappa shape index (κ3) is 3.82. The topological polar surface area (TPSA) is 72.3 Å². The van der Waals surface area contributed by atoms with E-state index in [1.54, 1.807) is 37.8 Å². The first-order valence-electron chi connectivity index (χ1n) is 9.10. The van der Waals surface area contributed by atoms with Crippen LogP contribution in [0, 0.1) is 6.92 Å². The van der Waals surface area contributed by atoms with Crippen molar-refractivity contribution < 1.29 is 18.3 Å². The number of aryl methyl sites for hydroxylation is 2. The number of thiazole rings is 1. The Bertz CT molecular complexity index is 1060. The van der Waals surface area contributed by atoms with Gasteiger partial charge in [-0.1, -0.05) is 0 Å². The third-order valence-electron chi connectivity index (χ3n) is 5.02. The van der Waals surface area contributed by atoms with Crippen molar-refractivity contribution in [2.75, 3.05) is 20.1 Å². The molecular formula is C19H21F2N5O2S. The lowest BCUT2D eigenvalue weighted by Gasteiger charge is -2.19. The van der Waals surface area contributed by atoms with Crippen LogP contribution in [0.25, 0.3) is 10.9 Å². The van der Waals surface area contributed by atoms with Gasteiger partial charge < -0.3 is 10.1 Å². The standard InChI is InChI=1S/C19H21F2N5O2S/c1-11-15(29-10-22-11)8-28-12-4-5-14-13(6-12)17(26(3)24-14)18(27)23-16-7-25(2)9-19(16,20)21/h4-6,10,16H,7-9H2,1-3H3,(H,23,27). The van der Waals surface area contributed by atoms with E-state index in [0.29, 0.717) is 23.3 Å². The zero-order valence-electron chi connectivity index (χ0n) is 16.3. The van der Waals surface area contributed by atoms with Gasteiger partial charge in [-0.15, -0.1) is 11.3 Å². The van der Waals surface area contributed by atoms with Gasteiger partial charge in [-0.25, -0.2) is 13.8 Å². The molecule has 3 heterocycles. The van der Waals surface area contributed by atoms with Gasteiger partial charge in [0.05, 0.1) is 28.1 Å². The maximum absolute atomic E-state index is 14.1. The maximum Gasteiger partial charge on any atom is 0.281 e. The number of nitrogens with zero attached hydrogens (tertiary/aromatic N) is 4. The van der Waals surface area contributed by atoms with E-state index < -0.39 is 17.9 Å². The molecule has 1 saturated heterocycles. The maximum atomic E-state index is 14.1. The van der Waals surface area contributed by atoms with E-state index in [1.807, 2.05) is 6.92 Å². The number of halogens is 2. The highest BCUT2D eigenvalue weighted by Gasteiger charge is 2.47. The van der Waals surface area contributed by atoms with Crippen LogP contribution in [-0.2, 0) is 13.7 Å². The summed E-state index contributed by atoms with van der Waals surface area (Å²) in [7, 11) is 3.23. The molecule has 3 aromatic rings. The minimum absolute atomic E-state index is 0.0943. The number of carbonyl (C=O) groups excluding carboxylic acids is 1. The van der Waals surface area contributed by atoms with Gasteiger partial charge in [0, 0.05) is 19.0 Å². The van der Waals surface area contributed by atoms with Gasteiger partial charge in [0.15, 0.2) is 0 Å². The Morgan fingerprint density at radius 1 is 1.41 bits per heavy atom. The highest BCUT2D eigenvalue weighted by Crippen LogP contribution is 2.28. The van der Waals surface area contributed by atoms with Gasteiger partial charge in [0.1, 0.15) is 24.1 Å². The molecule has 0 spiro atoms. The Hall–Kier alpha value is -2.59. The quantitative estimate of drug-likeness (QED) is 0.686. The Kier molecular flexibility index (Phi) is 4.99. The van der Waals surface area contributed by atoms with Crippen LogP contribution >= 0.6 is 11.3 Å². The fourth-order valence-corrected chi connectivity index (χ4v) is 4.20. The molecule has 0 bridgehead atoms. The summed E-state index contributed by atoms with van der Waals surface area (Å²) in [4.78, 5) is 19.5. The van der Waals surface area contributed by atoms with Crippen molar-refractivity contribution in [3.8, 4) is 5.75 Å². The highest BCUT2D eigenvalue weighted by molar-refractivity contribution is 7.09. The Morgan fingerprint density at radius 2 is 2.21 bits per heavy atom. The van der Waals surface area contributed by atoms with Crippen molar-refractivity contribution in [1.29, 1.82) is 0 Å². The lowest BCUT2D eigenvalue weighted by molar-refractivity contribution is -0.00828. The van der Waals surface area contributed by atoms with Crippen molar-refractivity contribution >= 4 is 28.1 Å². The molecule has 1 N–H and O–H groups in total. The van der Waals surface area contributed by atoms with Crippen molar-refractivity contribution in [1.82, 2.24) is 25.0 Å². The number of ether oxygens (including phenoxy) is 1. The third-order valence-corrected chi connectivity index (χ3v) is 5.93. The molecule has 1 unspecified atom stereocenters. The number of carbonyl (C=O) groups is 1. The molecule has 2 aromatic heterocycles. The molecule has 1 fully saturated rings. The minimum atomic E-state index is -2.97. The predicted octanol–water partition coefficient (Wildman–Crippen LogP) is 2.60. The average molecular weight is 421 g/mol. The van der Waals surface area contributed by atoms with Gasteiger partial charge in [0.2, 0.25) is 0 Å². The van der Waals surface area contributed by atoms with Gasteiger partial charge in [-0.2, -0.15) is 5.10 Å². The van der Waals surface area contributed by atoms with Crippen LogP contribution in [0.4, 0.5) is 8.78 Å². The smallest absolute Gasteiger partial charge is 0.281 e. The number of hydrogen-bond acceptors (Lipinski definition) is 6. The summed E-state index contributed by atoms with van der Waals surface area (Å²) in [6.07, 6.45) is 0. The molecule has 154 valence electrons. The number of alkyl halides is 2. The predicted molar refractivity (Wildman–Crippen MR) is 106 cm³/mol. The van der Waals surface area contributed by atoms with Gasteiger partial charge >= 0.3 is 0 Å². The second-order valence-electron chi connectivity index (χ2n) is 7.28. The van der Waals surface area contributed by atoms with E-state index in [4.69, 9.17) is 4.74 Å². The fourth-order valence-electron chi connectivity index (χ4n) is 3.51. The number of benzene rings is 1. The van der Waals surface area contributed by atoms with Crippen molar-refractivity contribution in [2.45, 2.75) is 25.5 Å². The molecule has 1 aliphatic rings. The van der Waals surface area contributed by atoms with Crippen LogP contribution in [0.5, 0.6) is 5.75 Å². The van der Waals surface area contributed by atoms with Crippen LogP contribution in [0.15, 0.2) is 23.7 Å². The summed E-state index contributed by atoms with van der Waals surface area (Å²) in [6, 6.07) is 4.00. The number of likely N-dealkylation sites (N-methyl/N-ethyl adjacent to an activating group) is 1. The molecule has 1 aromatic carbocycles. The van der Waals surface area contributed by atoms with Crippen LogP contribution in [0.3, 0.4) is 0 Å². The Labute approximate surface area is 170 Å². The van der Waals surface area contributed by atoms with E-state index in [1.165, 1.54) is 20.9 Å². The molecule has 4 rings (SSSR count). The van der Waals surface area contributed by atoms with Crippen molar-refractivity contribution in [3.63, 3.8) is 0 Å². The first kappa shape index (κ1) is 19.7.